The van der Waals surface area contributed by atoms with E-state index in [1.807, 2.05) is 6.92 Å². The van der Waals surface area contributed by atoms with E-state index in [0.717, 1.165) is 5.56 Å². The van der Waals surface area contributed by atoms with Gasteiger partial charge in [0, 0.05) is 12.1 Å². The highest BCUT2D eigenvalue weighted by Crippen LogP contribution is 2.47. The Bertz CT molecular complexity index is 1280. The van der Waals surface area contributed by atoms with Gasteiger partial charge in [0.05, 0.1) is 42.5 Å². The molecule has 8 nitrogen and oxygen atoms in total. The molecule has 1 amide bonds. The number of anilines is 1. The highest BCUT2D eigenvalue weighted by molar-refractivity contribution is 7.89. The summed E-state index contributed by atoms with van der Waals surface area (Å²) in [5, 5.41) is 0. The molecule has 0 spiro atoms. The zero-order valence-corrected chi connectivity index (χ0v) is 23.6. The van der Waals surface area contributed by atoms with E-state index in [-0.39, 0.29) is 24.5 Å². The van der Waals surface area contributed by atoms with Crippen LogP contribution in [0.5, 0.6) is 0 Å². The number of para-hydroxylation sites is 1. The Kier molecular flexibility index (Phi) is 9.74. The average Bonchev–Trinajstić information content (AvgIpc) is 3.30. The fourth-order valence-electron chi connectivity index (χ4n) is 4.40. The topological polar surface area (TPSA) is 93.2 Å². The number of fused-ring (bicyclic) bond motifs is 2. The largest absolute Gasteiger partial charge is 0.469 e. The lowest BCUT2D eigenvalue weighted by Crippen LogP contribution is -2.46. The molecule has 2 aliphatic heterocycles. The van der Waals surface area contributed by atoms with Crippen molar-refractivity contribution in [2.75, 3.05) is 25.2 Å². The number of methoxy groups -OCH3 is 1. The number of ether oxygens (including phenoxy) is 2. The summed E-state index contributed by atoms with van der Waals surface area (Å²) in [6.07, 6.45) is -0.321. The number of sulfonamides is 1. The molecule has 200 valence electrons. The van der Waals surface area contributed by atoms with E-state index in [4.69, 9.17) is 44.3 Å². The number of aryl methyl sites for hydroxylation is 1. The van der Waals surface area contributed by atoms with Crippen molar-refractivity contribution in [3.8, 4) is 0 Å². The van der Waals surface area contributed by atoms with Gasteiger partial charge in [-0.2, -0.15) is 0 Å². The quantitative estimate of drug-likeness (QED) is 0.328. The number of halogens is 3. The molecule has 0 N–H and O–H groups in total. The van der Waals surface area contributed by atoms with Crippen LogP contribution in [0.2, 0.25) is 0 Å². The molecule has 0 bridgehead atoms. The maximum atomic E-state index is 13.6. The number of benzene rings is 2. The van der Waals surface area contributed by atoms with Gasteiger partial charge in [-0.25, -0.2) is 13.2 Å². The van der Waals surface area contributed by atoms with Crippen LogP contribution in [-0.4, -0.2) is 55.4 Å². The third-order valence-electron chi connectivity index (χ3n) is 5.93. The molecule has 2 aromatic carbocycles. The molecule has 12 heteroatoms. The number of carbonyl (C=O) groups excluding carboxylic acids is 2. The van der Waals surface area contributed by atoms with E-state index in [9.17, 15) is 18.0 Å². The van der Waals surface area contributed by atoms with Crippen molar-refractivity contribution in [2.45, 2.75) is 41.9 Å². The van der Waals surface area contributed by atoms with Crippen molar-refractivity contribution in [3.05, 3.63) is 65.2 Å². The van der Waals surface area contributed by atoms with Crippen LogP contribution in [0, 0.1) is 6.92 Å². The minimum Gasteiger partial charge on any atom is -0.469 e. The first kappa shape index (κ1) is 29.1. The van der Waals surface area contributed by atoms with Crippen LogP contribution in [0.4, 0.5) is 10.5 Å². The molecular weight excluding hydrogens is 563 g/mol. The third-order valence-corrected chi connectivity index (χ3v) is 7.74. The van der Waals surface area contributed by atoms with Gasteiger partial charge in [-0.1, -0.05) is 70.7 Å². The smallest absolute Gasteiger partial charge is 0.414 e. The molecule has 0 saturated carbocycles. The lowest BCUT2D eigenvalue weighted by Gasteiger charge is -2.38. The Labute approximate surface area is 231 Å². The Morgan fingerprint density at radius 2 is 1.70 bits per heavy atom. The monoisotopic (exact) mass is 588 g/mol. The standard InChI is InChI=1S/C24H26N2O6S.CHCl3/c1-4-32-24(28)26-20-8-6-5-7-18(20)23-19(21(26)15-22(27)31-3)13-14-25(23)33(29,30)17-11-9-16(2)10-12-17;2-1(3)4/h5-12,21H,4,13-15H2,1-3H3;1H/t21-;/m0./s1. The second kappa shape index (κ2) is 12.4. The fraction of sp³-hybridized carbons (Fsp3) is 0.360. The molecule has 4 rings (SSSR count). The summed E-state index contributed by atoms with van der Waals surface area (Å²) >= 11 is 14.4. The highest BCUT2D eigenvalue weighted by Gasteiger charge is 2.45. The number of esters is 1. The van der Waals surface area contributed by atoms with Gasteiger partial charge < -0.3 is 9.47 Å². The first-order chi connectivity index (χ1) is 17.5. The number of carbonyl (C=O) groups is 2. The van der Waals surface area contributed by atoms with E-state index in [2.05, 4.69) is 0 Å². The normalized spacial score (nSPS) is 16.6. The van der Waals surface area contributed by atoms with Crippen LogP contribution >= 0.6 is 34.8 Å². The van der Waals surface area contributed by atoms with Gasteiger partial charge in [-0.3, -0.25) is 14.0 Å². The van der Waals surface area contributed by atoms with Crippen molar-refractivity contribution in [1.29, 1.82) is 0 Å². The predicted octanol–water partition coefficient (Wildman–Crippen LogP) is 5.70. The summed E-state index contributed by atoms with van der Waals surface area (Å²) in [7, 11) is -2.57. The van der Waals surface area contributed by atoms with E-state index in [1.54, 1.807) is 55.5 Å². The molecule has 2 aliphatic rings. The minimum absolute atomic E-state index is 0.110. The van der Waals surface area contributed by atoms with E-state index < -0.39 is 32.4 Å². The van der Waals surface area contributed by atoms with E-state index in [1.165, 1.54) is 16.3 Å². The predicted molar refractivity (Wildman–Crippen MR) is 144 cm³/mol. The van der Waals surface area contributed by atoms with Gasteiger partial charge in [0.2, 0.25) is 0 Å². The number of amides is 1. The molecule has 0 aromatic heterocycles. The molecule has 2 heterocycles. The Morgan fingerprint density at radius 1 is 1.08 bits per heavy atom. The summed E-state index contributed by atoms with van der Waals surface area (Å²) in [5.41, 5.74) is 3.27. The summed E-state index contributed by atoms with van der Waals surface area (Å²) in [6.45, 7) is 3.98. The van der Waals surface area contributed by atoms with Crippen LogP contribution in [0.1, 0.15) is 30.9 Å². The Balaban J connectivity index is 0.000000886. The number of nitrogens with zero attached hydrogens (tertiary/aromatic N) is 2. The number of rotatable bonds is 5. The van der Waals surface area contributed by atoms with Crippen LogP contribution < -0.4 is 4.90 Å². The van der Waals surface area contributed by atoms with Crippen LogP contribution in [0.15, 0.2) is 59.0 Å². The molecule has 37 heavy (non-hydrogen) atoms. The molecule has 1 atom stereocenters. The van der Waals surface area contributed by atoms with Crippen molar-refractivity contribution >= 4 is 68.3 Å². The van der Waals surface area contributed by atoms with Crippen LogP contribution in [-0.2, 0) is 24.3 Å². The molecule has 0 radical (unpaired) electrons. The van der Waals surface area contributed by atoms with Crippen molar-refractivity contribution in [2.24, 2.45) is 0 Å². The van der Waals surface area contributed by atoms with Crippen molar-refractivity contribution in [3.63, 3.8) is 0 Å². The molecular formula is C25H27Cl3N2O6S. The van der Waals surface area contributed by atoms with Gasteiger partial charge in [-0.15, -0.1) is 0 Å². The van der Waals surface area contributed by atoms with Crippen LogP contribution in [0.3, 0.4) is 0 Å². The third kappa shape index (κ3) is 6.34. The molecule has 0 fully saturated rings. The zero-order valence-electron chi connectivity index (χ0n) is 20.5. The van der Waals surface area contributed by atoms with Gasteiger partial charge in [0.25, 0.3) is 10.0 Å². The number of alkyl halides is 3. The van der Waals surface area contributed by atoms with E-state index >= 15 is 0 Å². The summed E-state index contributed by atoms with van der Waals surface area (Å²) in [4.78, 5) is 26.9. The second-order valence-corrected chi connectivity index (χ2v) is 12.0. The lowest BCUT2D eigenvalue weighted by molar-refractivity contribution is -0.140. The summed E-state index contributed by atoms with van der Waals surface area (Å²) in [6, 6.07) is 13.1. The number of hydrogen-bond acceptors (Lipinski definition) is 6. The fourth-order valence-corrected chi connectivity index (χ4v) is 5.93. The molecule has 0 unspecified atom stereocenters. The van der Waals surface area contributed by atoms with Crippen molar-refractivity contribution < 1.29 is 27.5 Å². The van der Waals surface area contributed by atoms with Gasteiger partial charge >= 0.3 is 12.1 Å². The van der Waals surface area contributed by atoms with E-state index in [0.29, 0.717) is 28.9 Å². The van der Waals surface area contributed by atoms with Gasteiger partial charge in [0.1, 0.15) is 0 Å². The van der Waals surface area contributed by atoms with Gasteiger partial charge in [0.15, 0.2) is 4.30 Å². The second-order valence-electron chi connectivity index (χ2n) is 8.14. The average molecular weight is 590 g/mol. The minimum atomic E-state index is -3.85. The van der Waals surface area contributed by atoms with Crippen molar-refractivity contribution in [1.82, 2.24) is 4.31 Å². The SMILES string of the molecule is CCOC(=O)N1c2ccccc2C2=C(CCN2S(=O)(=O)c2ccc(C)cc2)[C@@H]1CC(=O)OC.ClC(Cl)Cl. The zero-order chi connectivity index (χ0) is 27.3. The molecule has 0 aliphatic carbocycles. The summed E-state index contributed by atoms with van der Waals surface area (Å²) < 4.78 is 38.0. The lowest BCUT2D eigenvalue weighted by atomic mass is 9.91. The number of hydrogen-bond donors (Lipinski definition) is 0. The summed E-state index contributed by atoms with van der Waals surface area (Å²) in [5.74, 6) is -0.500. The molecule has 0 saturated heterocycles. The first-order valence-corrected chi connectivity index (χ1v) is 14.1. The highest BCUT2D eigenvalue weighted by atomic mass is 35.6. The Morgan fingerprint density at radius 3 is 2.30 bits per heavy atom. The first-order valence-electron chi connectivity index (χ1n) is 11.4. The maximum Gasteiger partial charge on any atom is 0.414 e. The maximum absolute atomic E-state index is 13.6. The van der Waals surface area contributed by atoms with Gasteiger partial charge in [-0.05, 0) is 44.0 Å². The van der Waals surface area contributed by atoms with Crippen LogP contribution in [0.25, 0.3) is 5.70 Å². The Hall–Kier alpha value is -2.46. The molecule has 2 aromatic rings.